The van der Waals surface area contributed by atoms with Crippen molar-refractivity contribution in [3.8, 4) is 17.2 Å². The van der Waals surface area contributed by atoms with Crippen molar-refractivity contribution >= 4 is 44.6 Å². The van der Waals surface area contributed by atoms with Crippen LogP contribution in [0.25, 0.3) is 11.1 Å². The molecule has 0 aliphatic carbocycles. The highest BCUT2D eigenvalue weighted by molar-refractivity contribution is 7.90. The lowest BCUT2D eigenvalue weighted by Crippen LogP contribution is -2.14. The van der Waals surface area contributed by atoms with E-state index in [0.717, 1.165) is 23.8 Å². The van der Waals surface area contributed by atoms with Gasteiger partial charge in [0.15, 0.2) is 9.84 Å². The van der Waals surface area contributed by atoms with Crippen molar-refractivity contribution in [3.05, 3.63) is 81.3 Å². The zero-order valence-corrected chi connectivity index (χ0v) is 21.4. The minimum absolute atomic E-state index is 0.0107. The lowest BCUT2D eigenvalue weighted by atomic mass is 9.94. The quantitative estimate of drug-likeness (QED) is 0.399. The molecular formula is C26H24Cl2N2O3S. The van der Waals surface area contributed by atoms with E-state index in [0.29, 0.717) is 38.3 Å². The SMILES string of the molecule is CC(C)Cc1ccc(-c2c(Cl)cc(NC(=O)Cc3cccc(S(C)(=O)=O)c3)cc2Cl)cc1C#N. The summed E-state index contributed by atoms with van der Waals surface area (Å²) in [4.78, 5) is 12.7. The van der Waals surface area contributed by atoms with E-state index in [2.05, 4.69) is 25.2 Å². The maximum atomic E-state index is 12.5. The molecule has 3 rings (SSSR count). The molecule has 0 fully saturated rings. The molecule has 34 heavy (non-hydrogen) atoms. The fraction of sp³-hybridized carbons (Fsp3) is 0.231. The van der Waals surface area contributed by atoms with E-state index in [1.165, 1.54) is 12.1 Å². The van der Waals surface area contributed by atoms with Gasteiger partial charge in [0.05, 0.1) is 33.0 Å². The predicted molar refractivity (Wildman–Crippen MR) is 137 cm³/mol. The van der Waals surface area contributed by atoms with Gasteiger partial charge in [-0.15, -0.1) is 0 Å². The Morgan fingerprint density at radius 3 is 2.32 bits per heavy atom. The van der Waals surface area contributed by atoms with Crippen molar-refractivity contribution in [3.63, 3.8) is 0 Å². The largest absolute Gasteiger partial charge is 0.326 e. The molecule has 3 aromatic carbocycles. The minimum Gasteiger partial charge on any atom is -0.326 e. The highest BCUT2D eigenvalue weighted by Gasteiger charge is 2.15. The van der Waals surface area contributed by atoms with Gasteiger partial charge in [-0.2, -0.15) is 5.26 Å². The maximum absolute atomic E-state index is 12.5. The molecule has 0 unspecified atom stereocenters. The van der Waals surface area contributed by atoms with Crippen molar-refractivity contribution in [1.82, 2.24) is 0 Å². The molecule has 0 atom stereocenters. The third-order valence-electron chi connectivity index (χ3n) is 5.16. The van der Waals surface area contributed by atoms with Crippen LogP contribution in [0, 0.1) is 17.2 Å². The highest BCUT2D eigenvalue weighted by Crippen LogP contribution is 2.38. The first-order valence-electron chi connectivity index (χ1n) is 10.6. The van der Waals surface area contributed by atoms with Crippen LogP contribution in [0.15, 0.2) is 59.5 Å². The van der Waals surface area contributed by atoms with E-state index < -0.39 is 9.84 Å². The molecule has 1 N–H and O–H groups in total. The van der Waals surface area contributed by atoms with E-state index in [9.17, 15) is 18.5 Å². The molecule has 0 aromatic heterocycles. The number of anilines is 1. The number of benzene rings is 3. The molecule has 0 saturated heterocycles. The van der Waals surface area contributed by atoms with Gasteiger partial charge >= 0.3 is 0 Å². The summed E-state index contributed by atoms with van der Waals surface area (Å²) in [6.07, 6.45) is 1.90. The fourth-order valence-electron chi connectivity index (χ4n) is 3.65. The summed E-state index contributed by atoms with van der Waals surface area (Å²) >= 11 is 13.0. The Balaban J connectivity index is 1.82. The first-order valence-corrected chi connectivity index (χ1v) is 13.2. The molecule has 0 aliphatic rings. The number of nitrogens with one attached hydrogen (secondary N) is 1. The Bertz CT molecular complexity index is 1370. The van der Waals surface area contributed by atoms with Crippen LogP contribution in [0.2, 0.25) is 10.0 Å². The monoisotopic (exact) mass is 514 g/mol. The molecule has 0 radical (unpaired) electrons. The molecule has 176 valence electrons. The molecule has 0 heterocycles. The molecular weight excluding hydrogens is 491 g/mol. The van der Waals surface area contributed by atoms with Gasteiger partial charge in [-0.05, 0) is 59.4 Å². The van der Waals surface area contributed by atoms with Gasteiger partial charge in [0.2, 0.25) is 5.91 Å². The first-order chi connectivity index (χ1) is 16.0. The predicted octanol–water partition coefficient (Wildman–Crippen LogP) is 6.32. The Labute approximate surface area is 210 Å². The fourth-order valence-corrected chi connectivity index (χ4v) is 5.05. The van der Waals surface area contributed by atoms with Crippen molar-refractivity contribution in [2.45, 2.75) is 31.6 Å². The van der Waals surface area contributed by atoms with Crippen LogP contribution >= 0.6 is 23.2 Å². The van der Waals surface area contributed by atoms with Crippen LogP contribution < -0.4 is 5.32 Å². The number of carbonyl (C=O) groups excluding carboxylic acids is 1. The highest BCUT2D eigenvalue weighted by atomic mass is 35.5. The number of rotatable bonds is 7. The number of hydrogen-bond donors (Lipinski definition) is 1. The second-order valence-electron chi connectivity index (χ2n) is 8.54. The number of nitrogens with zero attached hydrogens (tertiary/aromatic N) is 1. The van der Waals surface area contributed by atoms with Crippen LogP contribution in [0.3, 0.4) is 0 Å². The minimum atomic E-state index is -3.36. The van der Waals surface area contributed by atoms with E-state index in [1.54, 1.807) is 30.3 Å². The summed E-state index contributed by atoms with van der Waals surface area (Å²) in [5.41, 5.74) is 3.83. The van der Waals surface area contributed by atoms with Crippen LogP contribution in [-0.4, -0.2) is 20.6 Å². The smallest absolute Gasteiger partial charge is 0.228 e. The van der Waals surface area contributed by atoms with Crippen molar-refractivity contribution in [2.24, 2.45) is 5.92 Å². The lowest BCUT2D eigenvalue weighted by molar-refractivity contribution is -0.115. The van der Waals surface area contributed by atoms with Gasteiger partial charge < -0.3 is 5.32 Å². The number of nitriles is 1. The molecule has 0 spiro atoms. The van der Waals surface area contributed by atoms with Gasteiger partial charge in [0.1, 0.15) is 0 Å². The number of carbonyl (C=O) groups is 1. The van der Waals surface area contributed by atoms with Gasteiger partial charge in [-0.25, -0.2) is 8.42 Å². The molecule has 0 aliphatic heterocycles. The Morgan fingerprint density at radius 2 is 1.74 bits per heavy atom. The molecule has 0 saturated carbocycles. The van der Waals surface area contributed by atoms with Crippen LogP contribution in [-0.2, 0) is 27.5 Å². The van der Waals surface area contributed by atoms with Crippen molar-refractivity contribution in [2.75, 3.05) is 11.6 Å². The Hall–Kier alpha value is -2.85. The molecule has 0 bridgehead atoms. The second kappa shape index (κ2) is 10.6. The van der Waals surface area contributed by atoms with Gasteiger partial charge in [0, 0.05) is 17.5 Å². The summed E-state index contributed by atoms with van der Waals surface area (Å²) in [6.45, 7) is 4.19. The standard InChI is InChI=1S/C26H24Cl2N2O3S/c1-16(2)9-18-7-8-19(12-20(18)15-29)26-23(27)13-21(14-24(26)28)30-25(31)11-17-5-4-6-22(10-17)34(3,32)33/h4-8,10,12-14,16H,9,11H2,1-3H3,(H,30,31). The third kappa shape index (κ3) is 6.38. The van der Waals surface area contributed by atoms with E-state index in [4.69, 9.17) is 23.2 Å². The number of hydrogen-bond acceptors (Lipinski definition) is 4. The molecule has 3 aromatic rings. The summed E-state index contributed by atoms with van der Waals surface area (Å²) in [5, 5.41) is 13.0. The zero-order valence-electron chi connectivity index (χ0n) is 19.0. The molecule has 8 heteroatoms. The van der Waals surface area contributed by atoms with Crippen LogP contribution in [0.1, 0.15) is 30.5 Å². The normalized spacial score (nSPS) is 11.3. The average molecular weight is 515 g/mol. The van der Waals surface area contributed by atoms with Crippen LogP contribution in [0.4, 0.5) is 5.69 Å². The summed E-state index contributed by atoms with van der Waals surface area (Å²) < 4.78 is 23.5. The lowest BCUT2D eigenvalue weighted by Gasteiger charge is -2.14. The Kier molecular flexibility index (Phi) is 8.04. The summed E-state index contributed by atoms with van der Waals surface area (Å²) in [7, 11) is -3.36. The zero-order chi connectivity index (χ0) is 25.0. The summed E-state index contributed by atoms with van der Waals surface area (Å²) in [5.74, 6) is 0.0807. The van der Waals surface area contributed by atoms with Crippen LogP contribution in [0.5, 0.6) is 0 Å². The van der Waals surface area contributed by atoms with Gasteiger partial charge in [-0.3, -0.25) is 4.79 Å². The third-order valence-corrected chi connectivity index (χ3v) is 6.87. The second-order valence-corrected chi connectivity index (χ2v) is 11.4. The van der Waals surface area contributed by atoms with E-state index in [-0.39, 0.29) is 17.2 Å². The number of amides is 1. The number of sulfone groups is 1. The maximum Gasteiger partial charge on any atom is 0.228 e. The van der Waals surface area contributed by atoms with Crippen molar-refractivity contribution < 1.29 is 13.2 Å². The average Bonchev–Trinajstić information content (AvgIpc) is 2.73. The molecule has 1 amide bonds. The van der Waals surface area contributed by atoms with E-state index in [1.807, 2.05) is 12.1 Å². The van der Waals surface area contributed by atoms with Crippen molar-refractivity contribution in [1.29, 1.82) is 5.26 Å². The topological polar surface area (TPSA) is 87.0 Å². The van der Waals surface area contributed by atoms with Gasteiger partial charge in [0.25, 0.3) is 0 Å². The Morgan fingerprint density at radius 1 is 1.06 bits per heavy atom. The summed E-state index contributed by atoms with van der Waals surface area (Å²) in [6, 6.07) is 17.3. The molecule has 5 nitrogen and oxygen atoms in total. The first kappa shape index (κ1) is 25.8. The number of halogens is 2. The van der Waals surface area contributed by atoms with Gasteiger partial charge in [-0.1, -0.05) is 61.3 Å². The van der Waals surface area contributed by atoms with E-state index >= 15 is 0 Å².